The van der Waals surface area contributed by atoms with Crippen molar-refractivity contribution in [2.45, 2.75) is 13.0 Å². The number of nitrogens with zero attached hydrogens (tertiary/aromatic N) is 2. The van der Waals surface area contributed by atoms with Crippen LogP contribution in [-0.4, -0.2) is 74.9 Å². The highest BCUT2D eigenvalue weighted by Gasteiger charge is 2.20. The Bertz CT molecular complexity index is 1030. The molecule has 2 aromatic rings. The zero-order valence-electron chi connectivity index (χ0n) is 20.0. The Hall–Kier alpha value is -3.18. The average molecular weight is 509 g/mol. The van der Waals surface area contributed by atoms with Crippen LogP contribution in [0, 0.1) is 11.6 Å². The van der Waals surface area contributed by atoms with Crippen LogP contribution in [0.15, 0.2) is 30.3 Å². The van der Waals surface area contributed by atoms with Gasteiger partial charge in [0.25, 0.3) is 0 Å². The standard InChI is InChI=1S/C24H30F2N4O4S/c1-32-20-11-16(12-21(33-2)23(20)34-3)14-27-24(35)30-8-4-7-29(9-10-30)15-22(31)28-19-6-5-17(25)13-18(19)26/h5-6,11-13H,4,7-10,14-15H2,1-3H3,(H,27,35)(H,28,31). The third-order valence-electron chi connectivity index (χ3n) is 5.62. The first-order chi connectivity index (χ1) is 16.8. The van der Waals surface area contributed by atoms with E-state index in [1.54, 1.807) is 21.3 Å². The van der Waals surface area contributed by atoms with E-state index >= 15 is 0 Å². The molecule has 0 spiro atoms. The molecule has 2 N–H and O–H groups in total. The summed E-state index contributed by atoms with van der Waals surface area (Å²) in [6.07, 6.45) is 0.810. The number of hydrogen-bond acceptors (Lipinski definition) is 6. The molecule has 0 radical (unpaired) electrons. The number of thiocarbonyl (C=S) groups is 1. The van der Waals surface area contributed by atoms with Gasteiger partial charge in [-0.1, -0.05) is 0 Å². The smallest absolute Gasteiger partial charge is 0.238 e. The Balaban J connectivity index is 1.51. The van der Waals surface area contributed by atoms with Crippen molar-refractivity contribution in [3.05, 3.63) is 47.5 Å². The third kappa shape index (κ3) is 7.15. The fraction of sp³-hybridized carbons (Fsp3) is 0.417. The predicted molar refractivity (Wildman–Crippen MR) is 133 cm³/mol. The van der Waals surface area contributed by atoms with Crippen molar-refractivity contribution >= 4 is 28.9 Å². The number of carbonyl (C=O) groups is 1. The highest BCUT2D eigenvalue weighted by Crippen LogP contribution is 2.38. The number of hydrogen-bond donors (Lipinski definition) is 2. The van der Waals surface area contributed by atoms with Crippen LogP contribution >= 0.6 is 12.2 Å². The van der Waals surface area contributed by atoms with E-state index in [2.05, 4.69) is 15.5 Å². The fourth-order valence-corrected chi connectivity index (χ4v) is 4.10. The molecule has 1 aliphatic rings. The number of amides is 1. The highest BCUT2D eigenvalue weighted by molar-refractivity contribution is 7.80. The van der Waals surface area contributed by atoms with Gasteiger partial charge in [0.1, 0.15) is 11.6 Å². The van der Waals surface area contributed by atoms with Gasteiger partial charge in [0, 0.05) is 38.8 Å². The summed E-state index contributed by atoms with van der Waals surface area (Å²) in [5.41, 5.74) is 0.882. The van der Waals surface area contributed by atoms with Gasteiger partial charge in [-0.2, -0.15) is 0 Å². The second kappa shape index (κ2) is 12.5. The van der Waals surface area contributed by atoms with Gasteiger partial charge in [0.05, 0.1) is 33.6 Å². The van der Waals surface area contributed by atoms with Crippen LogP contribution in [0.3, 0.4) is 0 Å². The molecule has 8 nitrogen and oxygen atoms in total. The molecule has 190 valence electrons. The summed E-state index contributed by atoms with van der Waals surface area (Å²) in [4.78, 5) is 16.4. The maximum atomic E-state index is 13.8. The second-order valence-electron chi connectivity index (χ2n) is 7.98. The van der Waals surface area contributed by atoms with Gasteiger partial charge >= 0.3 is 0 Å². The van der Waals surface area contributed by atoms with E-state index < -0.39 is 11.6 Å². The first-order valence-electron chi connectivity index (χ1n) is 11.1. The Morgan fingerprint density at radius 3 is 2.34 bits per heavy atom. The lowest BCUT2D eigenvalue weighted by molar-refractivity contribution is -0.117. The molecule has 1 amide bonds. The molecule has 0 unspecified atom stereocenters. The molecule has 0 aromatic heterocycles. The molecule has 0 bridgehead atoms. The van der Waals surface area contributed by atoms with E-state index in [-0.39, 0.29) is 18.1 Å². The van der Waals surface area contributed by atoms with Gasteiger partial charge in [-0.25, -0.2) is 8.78 Å². The predicted octanol–water partition coefficient (Wildman–Crippen LogP) is 3.01. The van der Waals surface area contributed by atoms with Crippen molar-refractivity contribution in [1.82, 2.24) is 15.1 Å². The maximum absolute atomic E-state index is 13.8. The fourth-order valence-electron chi connectivity index (χ4n) is 3.84. The van der Waals surface area contributed by atoms with Gasteiger partial charge in [-0.05, 0) is 48.5 Å². The van der Waals surface area contributed by atoms with E-state index in [1.165, 1.54) is 6.07 Å². The minimum Gasteiger partial charge on any atom is -0.493 e. The number of ether oxygens (including phenoxy) is 3. The summed E-state index contributed by atoms with van der Waals surface area (Å²) in [7, 11) is 4.69. The monoisotopic (exact) mass is 508 g/mol. The van der Waals surface area contributed by atoms with E-state index in [0.717, 1.165) is 30.7 Å². The number of nitrogens with one attached hydrogen (secondary N) is 2. The van der Waals surface area contributed by atoms with Crippen LogP contribution in [0.4, 0.5) is 14.5 Å². The molecule has 2 aromatic carbocycles. The third-order valence-corrected chi connectivity index (χ3v) is 6.02. The molecular weight excluding hydrogens is 478 g/mol. The van der Waals surface area contributed by atoms with E-state index in [9.17, 15) is 13.6 Å². The minimum absolute atomic E-state index is 0.0370. The molecule has 1 aliphatic heterocycles. The molecule has 1 saturated heterocycles. The lowest BCUT2D eigenvalue weighted by Crippen LogP contribution is -2.42. The van der Waals surface area contributed by atoms with Crippen molar-refractivity contribution < 1.29 is 27.8 Å². The number of rotatable bonds is 8. The molecule has 0 atom stereocenters. The van der Waals surface area contributed by atoms with Gasteiger partial charge in [0.2, 0.25) is 11.7 Å². The Morgan fingerprint density at radius 2 is 1.71 bits per heavy atom. The number of anilines is 1. The summed E-state index contributed by atoms with van der Waals surface area (Å²) in [5, 5.41) is 6.38. The first-order valence-corrected chi connectivity index (χ1v) is 11.5. The summed E-state index contributed by atoms with van der Waals surface area (Å²) in [6, 6.07) is 6.79. The SMILES string of the molecule is COc1cc(CNC(=S)N2CCCN(CC(=O)Nc3ccc(F)cc3F)CC2)cc(OC)c1OC. The zero-order valence-corrected chi connectivity index (χ0v) is 20.8. The van der Waals surface area contributed by atoms with Gasteiger partial charge in [-0.3, -0.25) is 9.69 Å². The van der Waals surface area contributed by atoms with Crippen molar-refractivity contribution in [1.29, 1.82) is 0 Å². The van der Waals surface area contributed by atoms with Gasteiger partial charge in [0.15, 0.2) is 16.6 Å². The number of benzene rings is 2. The van der Waals surface area contributed by atoms with Crippen molar-refractivity contribution in [2.24, 2.45) is 0 Å². The molecular formula is C24H30F2N4O4S. The van der Waals surface area contributed by atoms with Crippen molar-refractivity contribution in [3.63, 3.8) is 0 Å². The van der Waals surface area contributed by atoms with Crippen LogP contribution in [0.25, 0.3) is 0 Å². The van der Waals surface area contributed by atoms with E-state index in [4.69, 9.17) is 26.4 Å². The first kappa shape index (κ1) is 26.4. The molecule has 3 rings (SSSR count). The Kier molecular flexibility index (Phi) is 9.44. The van der Waals surface area contributed by atoms with E-state index in [1.807, 2.05) is 17.0 Å². The average Bonchev–Trinajstić information content (AvgIpc) is 3.09. The summed E-state index contributed by atoms with van der Waals surface area (Å²) in [5.74, 6) is -0.184. The Morgan fingerprint density at radius 1 is 1.00 bits per heavy atom. The second-order valence-corrected chi connectivity index (χ2v) is 8.37. The van der Waals surface area contributed by atoms with Crippen molar-refractivity contribution in [2.75, 3.05) is 59.4 Å². The summed E-state index contributed by atoms with van der Waals surface area (Å²) in [6.45, 7) is 3.28. The number of halogens is 2. The molecule has 1 heterocycles. The number of carbonyl (C=O) groups excluding carboxylic acids is 1. The molecule has 11 heteroatoms. The topological polar surface area (TPSA) is 75.3 Å². The lowest BCUT2D eigenvalue weighted by Gasteiger charge is -2.25. The molecule has 1 fully saturated rings. The normalized spacial score (nSPS) is 14.1. The molecule has 0 aliphatic carbocycles. The number of methoxy groups -OCH3 is 3. The summed E-state index contributed by atoms with van der Waals surface area (Å²) >= 11 is 5.60. The van der Waals surface area contributed by atoms with Crippen LogP contribution in [-0.2, 0) is 11.3 Å². The van der Waals surface area contributed by atoms with E-state index in [0.29, 0.717) is 48.5 Å². The maximum Gasteiger partial charge on any atom is 0.238 e. The van der Waals surface area contributed by atoms with Crippen molar-refractivity contribution in [3.8, 4) is 17.2 Å². The van der Waals surface area contributed by atoms with Crippen LogP contribution in [0.2, 0.25) is 0 Å². The summed E-state index contributed by atoms with van der Waals surface area (Å²) < 4.78 is 43.0. The van der Waals surface area contributed by atoms with Gasteiger partial charge < -0.3 is 29.7 Å². The largest absolute Gasteiger partial charge is 0.493 e. The zero-order chi connectivity index (χ0) is 25.4. The van der Waals surface area contributed by atoms with Crippen LogP contribution in [0.1, 0.15) is 12.0 Å². The Labute approximate surface area is 209 Å². The molecule has 0 saturated carbocycles. The van der Waals surface area contributed by atoms with Crippen LogP contribution in [0.5, 0.6) is 17.2 Å². The quantitative estimate of drug-likeness (QED) is 0.528. The molecule has 35 heavy (non-hydrogen) atoms. The lowest BCUT2D eigenvalue weighted by atomic mass is 10.2. The highest BCUT2D eigenvalue weighted by atomic mass is 32.1. The minimum atomic E-state index is -0.802. The van der Waals surface area contributed by atoms with Crippen LogP contribution < -0.4 is 24.8 Å². The van der Waals surface area contributed by atoms with Gasteiger partial charge in [-0.15, -0.1) is 0 Å².